The monoisotopic (exact) mass is 334 g/mol. The van der Waals surface area contributed by atoms with E-state index in [2.05, 4.69) is 23.2 Å². The van der Waals surface area contributed by atoms with Crippen molar-refractivity contribution in [3.8, 4) is 0 Å². The molecule has 2 N–H and O–H groups in total. The van der Waals surface area contributed by atoms with E-state index in [1.807, 2.05) is 0 Å². The van der Waals surface area contributed by atoms with E-state index >= 15 is 0 Å². The summed E-state index contributed by atoms with van der Waals surface area (Å²) in [7, 11) is 0. The molecule has 0 spiro atoms. The number of thiazole rings is 1. The number of rotatable bonds is 7. The van der Waals surface area contributed by atoms with Gasteiger partial charge in [0.25, 0.3) is 0 Å². The third kappa shape index (κ3) is 4.50. The normalized spacial score (nSPS) is 11.6. The molecule has 0 aliphatic carbocycles. The largest absolute Gasteiger partial charge is 0.272 e. The van der Waals surface area contributed by atoms with Gasteiger partial charge in [-0.1, -0.05) is 25.0 Å². The third-order valence-electron chi connectivity index (χ3n) is 2.95. The van der Waals surface area contributed by atoms with Crippen molar-refractivity contribution in [1.29, 1.82) is 0 Å². The van der Waals surface area contributed by atoms with E-state index in [-0.39, 0.29) is 4.84 Å². The number of unbranched alkanes of at least 4 members (excludes halogenated alkanes) is 2. The minimum absolute atomic E-state index is 0.230. The summed E-state index contributed by atoms with van der Waals surface area (Å²) < 4.78 is 2.14. The molecule has 0 aliphatic rings. The van der Waals surface area contributed by atoms with Crippen LogP contribution in [0.2, 0.25) is 0 Å². The molecule has 0 saturated heterocycles. The number of hydrogen-bond donors (Lipinski definition) is 1. The van der Waals surface area contributed by atoms with Crippen molar-refractivity contribution in [2.24, 2.45) is 5.14 Å². The van der Waals surface area contributed by atoms with Crippen LogP contribution in [0.1, 0.15) is 31.2 Å². The number of benzene rings is 1. The van der Waals surface area contributed by atoms with Gasteiger partial charge < -0.3 is 0 Å². The van der Waals surface area contributed by atoms with Gasteiger partial charge >= 0.3 is 0 Å². The molecule has 1 aromatic carbocycles. The minimum Gasteiger partial charge on any atom is -0.272 e. The quantitative estimate of drug-likeness (QED) is 0.431. The zero-order valence-electron chi connectivity index (χ0n) is 10.4. The van der Waals surface area contributed by atoms with Gasteiger partial charge in [0, 0.05) is 0 Å². The van der Waals surface area contributed by atoms with Gasteiger partial charge in [-0.15, -0.1) is 34.5 Å². The number of hydrogen-bond acceptors (Lipinski definition) is 4. The van der Waals surface area contributed by atoms with Gasteiger partial charge in [0.1, 0.15) is 4.84 Å². The smallest absolute Gasteiger partial charge is 0.165 e. The van der Waals surface area contributed by atoms with Crippen LogP contribution in [0.4, 0.5) is 0 Å². The summed E-state index contributed by atoms with van der Waals surface area (Å²) in [6.45, 7) is 0. The molecule has 2 aromatic rings. The molecule has 0 aliphatic heterocycles. The maximum atomic E-state index is 5.71. The lowest BCUT2D eigenvalue weighted by Crippen LogP contribution is -1.90. The van der Waals surface area contributed by atoms with Crippen molar-refractivity contribution in [3.63, 3.8) is 0 Å². The molecule has 2 nitrogen and oxygen atoms in total. The molecule has 0 radical (unpaired) electrons. The van der Waals surface area contributed by atoms with Crippen LogP contribution in [0, 0.1) is 0 Å². The summed E-state index contributed by atoms with van der Waals surface area (Å²) in [4.78, 5) is 4.34. The number of nitrogens with zero attached hydrogens (tertiary/aromatic N) is 1. The van der Waals surface area contributed by atoms with Crippen LogP contribution < -0.4 is 5.14 Å². The van der Waals surface area contributed by atoms with Crippen LogP contribution in [0.3, 0.4) is 0 Å². The minimum atomic E-state index is -0.230. The molecule has 0 amide bonds. The van der Waals surface area contributed by atoms with Crippen molar-refractivity contribution < 1.29 is 0 Å². The van der Waals surface area contributed by atoms with Crippen molar-refractivity contribution in [3.05, 3.63) is 23.8 Å². The molecule has 104 valence electrons. The molecule has 0 fully saturated rings. The number of halogens is 2. The zero-order valence-corrected chi connectivity index (χ0v) is 13.6. The molecule has 6 heteroatoms. The predicted molar refractivity (Wildman–Crippen MR) is 87.3 cm³/mol. The number of nitrogens with two attached hydrogens (primary N) is 1. The van der Waals surface area contributed by atoms with Gasteiger partial charge in [0.2, 0.25) is 0 Å². The lowest BCUT2D eigenvalue weighted by atomic mass is 10.1. The van der Waals surface area contributed by atoms with Gasteiger partial charge in [0.15, 0.2) is 4.34 Å². The van der Waals surface area contributed by atoms with Crippen LogP contribution in [-0.2, 0) is 6.42 Å². The Bertz CT molecular complexity index is 528. The van der Waals surface area contributed by atoms with Crippen molar-refractivity contribution in [2.75, 3.05) is 0 Å². The summed E-state index contributed by atoms with van der Waals surface area (Å²) in [5.41, 5.74) is 2.41. The summed E-state index contributed by atoms with van der Waals surface area (Å²) in [6, 6.07) is 6.34. The highest BCUT2D eigenvalue weighted by molar-refractivity contribution is 7.99. The van der Waals surface area contributed by atoms with Crippen molar-refractivity contribution in [1.82, 2.24) is 4.98 Å². The van der Waals surface area contributed by atoms with E-state index in [4.69, 9.17) is 28.3 Å². The van der Waals surface area contributed by atoms with Gasteiger partial charge in [-0.2, -0.15) is 0 Å². The number of fused-ring (bicyclic) bond motifs is 1. The Morgan fingerprint density at radius 2 is 2.11 bits per heavy atom. The molecule has 19 heavy (non-hydrogen) atoms. The van der Waals surface area contributed by atoms with Gasteiger partial charge in [0.05, 0.1) is 10.2 Å². The Hall–Kier alpha value is -0.0000000000000000833. The molecule has 0 saturated carbocycles. The molecular formula is C13H16Cl2N2S2. The molecule has 1 aromatic heterocycles. The molecule has 0 atom stereocenters. The first-order valence-electron chi connectivity index (χ1n) is 6.24. The van der Waals surface area contributed by atoms with Crippen LogP contribution in [-0.4, -0.2) is 9.82 Å². The summed E-state index contributed by atoms with van der Waals surface area (Å²) in [6.07, 6.45) is 5.29. The second-order valence-electron chi connectivity index (χ2n) is 4.35. The first kappa shape index (κ1) is 15.4. The second kappa shape index (κ2) is 7.70. The average Bonchev–Trinajstić information content (AvgIpc) is 2.81. The number of para-hydroxylation sites is 1. The molecule has 2 rings (SSSR count). The van der Waals surface area contributed by atoms with E-state index < -0.39 is 0 Å². The molecular weight excluding hydrogens is 319 g/mol. The second-order valence-corrected chi connectivity index (χ2v) is 7.54. The van der Waals surface area contributed by atoms with E-state index in [1.54, 1.807) is 11.3 Å². The average molecular weight is 335 g/mol. The van der Waals surface area contributed by atoms with E-state index in [0.29, 0.717) is 0 Å². The lowest BCUT2D eigenvalue weighted by Gasteiger charge is -2.03. The maximum Gasteiger partial charge on any atom is 0.165 e. The fourth-order valence-electron chi connectivity index (χ4n) is 2.03. The fraction of sp³-hybridized carbons (Fsp3) is 0.462. The summed E-state index contributed by atoms with van der Waals surface area (Å²) in [5, 5.41) is 5.57. The molecule has 1 heterocycles. The SMILES string of the molecule is NSc1nc2c(CCCCCC(Cl)Cl)cccc2s1. The fourth-order valence-corrected chi connectivity index (χ4v) is 3.69. The Morgan fingerprint density at radius 1 is 1.26 bits per heavy atom. The van der Waals surface area contributed by atoms with Crippen LogP contribution in [0.5, 0.6) is 0 Å². The van der Waals surface area contributed by atoms with E-state index in [0.717, 1.165) is 42.0 Å². The van der Waals surface area contributed by atoms with Crippen LogP contribution >= 0.6 is 46.5 Å². The Balaban J connectivity index is 1.94. The number of aromatic nitrogens is 1. The predicted octanol–water partition coefficient (Wildman–Crippen LogP) is 5.17. The molecule has 0 bridgehead atoms. The van der Waals surface area contributed by atoms with E-state index in [9.17, 15) is 0 Å². The Kier molecular flexibility index (Phi) is 6.23. The van der Waals surface area contributed by atoms with Gasteiger partial charge in [-0.05, 0) is 42.8 Å². The zero-order chi connectivity index (χ0) is 13.7. The van der Waals surface area contributed by atoms with Gasteiger partial charge in [-0.25, -0.2) is 4.98 Å². The lowest BCUT2D eigenvalue weighted by molar-refractivity contribution is 0.661. The van der Waals surface area contributed by atoms with Gasteiger partial charge in [-0.3, -0.25) is 5.14 Å². The van der Waals surface area contributed by atoms with Crippen molar-refractivity contribution >= 4 is 56.7 Å². The highest BCUT2D eigenvalue weighted by Crippen LogP contribution is 2.29. The first-order chi connectivity index (χ1) is 9.20. The third-order valence-corrected chi connectivity index (χ3v) is 5.04. The summed E-state index contributed by atoms with van der Waals surface area (Å²) in [5.74, 6) is 0. The summed E-state index contributed by atoms with van der Waals surface area (Å²) >= 11 is 14.3. The first-order valence-corrected chi connectivity index (χ1v) is 8.81. The highest BCUT2D eigenvalue weighted by Gasteiger charge is 2.07. The topological polar surface area (TPSA) is 38.9 Å². The van der Waals surface area contributed by atoms with E-state index in [1.165, 1.54) is 22.2 Å². The number of aryl methyl sites for hydroxylation is 1. The van der Waals surface area contributed by atoms with Crippen LogP contribution in [0.15, 0.2) is 22.5 Å². The Morgan fingerprint density at radius 3 is 2.84 bits per heavy atom. The molecule has 0 unspecified atom stereocenters. The number of alkyl halides is 2. The Labute approximate surface area is 131 Å². The van der Waals surface area contributed by atoms with Crippen molar-refractivity contribution in [2.45, 2.75) is 41.3 Å². The maximum absolute atomic E-state index is 5.71. The highest BCUT2D eigenvalue weighted by atomic mass is 35.5. The standard InChI is InChI=1S/C13H16Cl2N2S2/c14-11(15)8-3-1-2-5-9-6-4-7-10-12(9)17-13(18-10)19-16/h4,6-7,11H,1-3,5,8,16H2. The van der Waals surface area contributed by atoms with Crippen LogP contribution in [0.25, 0.3) is 10.2 Å².